The maximum atomic E-state index is 14.2. The second-order valence-corrected chi connectivity index (χ2v) is 12.8. The van der Waals surface area contributed by atoms with Crippen LogP contribution in [0.1, 0.15) is 64.5 Å². The molecule has 2 atom stereocenters. The van der Waals surface area contributed by atoms with Gasteiger partial charge in [-0.2, -0.15) is 0 Å². The summed E-state index contributed by atoms with van der Waals surface area (Å²) in [6.07, 6.45) is 9.41. The van der Waals surface area contributed by atoms with Gasteiger partial charge in [0.25, 0.3) is 10.0 Å². The predicted molar refractivity (Wildman–Crippen MR) is 139 cm³/mol. The molecule has 0 amide bonds. The van der Waals surface area contributed by atoms with E-state index in [2.05, 4.69) is 32.1 Å². The Kier molecular flexibility index (Phi) is 6.89. The van der Waals surface area contributed by atoms with Gasteiger partial charge in [0.2, 0.25) is 0 Å². The Bertz CT molecular complexity index is 1180. The molecule has 0 aromatic heterocycles. The van der Waals surface area contributed by atoms with Gasteiger partial charge in [-0.25, -0.2) is 12.8 Å². The Morgan fingerprint density at radius 3 is 2.58 bits per heavy atom. The minimum Gasteiger partial charge on any atom is -0.457 e. The molecule has 1 aliphatic carbocycles. The van der Waals surface area contributed by atoms with Crippen LogP contribution in [-0.2, 0) is 14.8 Å². The first-order chi connectivity index (χ1) is 17.1. The normalized spacial score (nSPS) is 26.8. The van der Waals surface area contributed by atoms with Crippen molar-refractivity contribution in [2.24, 2.45) is 10.3 Å². The van der Waals surface area contributed by atoms with E-state index in [4.69, 9.17) is 4.74 Å². The summed E-state index contributed by atoms with van der Waals surface area (Å²) in [7, 11) is -3.86. The van der Waals surface area contributed by atoms with E-state index in [0.29, 0.717) is 23.9 Å². The zero-order valence-corrected chi connectivity index (χ0v) is 22.2. The first-order valence-electron chi connectivity index (χ1n) is 13.0. The first-order valence-corrected chi connectivity index (χ1v) is 14.5. The minimum absolute atomic E-state index is 0.0858. The van der Waals surface area contributed by atoms with E-state index in [1.54, 1.807) is 39.0 Å². The van der Waals surface area contributed by atoms with Crippen molar-refractivity contribution in [1.82, 2.24) is 15.5 Å². The fourth-order valence-corrected chi connectivity index (χ4v) is 7.25. The number of rotatable bonds is 6. The summed E-state index contributed by atoms with van der Waals surface area (Å²) >= 11 is 0. The molecular formula is C27H37FN4O3S. The third-order valence-electron chi connectivity index (χ3n) is 7.80. The van der Waals surface area contributed by atoms with Crippen LogP contribution in [-0.4, -0.2) is 55.9 Å². The molecule has 0 radical (unpaired) electrons. The van der Waals surface area contributed by atoms with Gasteiger partial charge >= 0.3 is 6.02 Å². The van der Waals surface area contributed by atoms with Crippen molar-refractivity contribution in [2.45, 2.75) is 75.8 Å². The Labute approximate surface area is 213 Å². The zero-order valence-electron chi connectivity index (χ0n) is 21.3. The summed E-state index contributed by atoms with van der Waals surface area (Å²) < 4.78 is 51.0. The molecule has 1 aromatic rings. The van der Waals surface area contributed by atoms with Gasteiger partial charge in [-0.3, -0.25) is 0 Å². The van der Waals surface area contributed by atoms with Crippen LogP contribution in [0.3, 0.4) is 0 Å². The number of hydrogen-bond acceptors (Lipinski definition) is 6. The van der Waals surface area contributed by atoms with Gasteiger partial charge in [0, 0.05) is 29.8 Å². The Morgan fingerprint density at radius 2 is 1.92 bits per heavy atom. The molecule has 36 heavy (non-hydrogen) atoms. The second kappa shape index (κ2) is 9.82. The van der Waals surface area contributed by atoms with Gasteiger partial charge in [-0.1, -0.05) is 24.3 Å². The van der Waals surface area contributed by atoms with E-state index in [1.807, 2.05) is 0 Å². The Hall–Kier alpha value is -2.39. The van der Waals surface area contributed by atoms with Crippen LogP contribution in [0.2, 0.25) is 0 Å². The lowest BCUT2D eigenvalue weighted by Crippen LogP contribution is -2.52. The summed E-state index contributed by atoms with van der Waals surface area (Å²) in [4.78, 5) is 2.51. The summed E-state index contributed by atoms with van der Waals surface area (Å²) in [5, 5.41) is 5.59. The molecule has 2 fully saturated rings. The van der Waals surface area contributed by atoms with E-state index >= 15 is 0 Å². The van der Waals surface area contributed by atoms with Crippen LogP contribution in [0.25, 0.3) is 0 Å². The molecule has 1 unspecified atom stereocenters. The van der Waals surface area contributed by atoms with E-state index in [0.717, 1.165) is 38.0 Å². The van der Waals surface area contributed by atoms with Crippen molar-refractivity contribution < 1.29 is 17.5 Å². The van der Waals surface area contributed by atoms with Gasteiger partial charge in [0.15, 0.2) is 0 Å². The molecule has 9 heteroatoms. The maximum Gasteiger partial charge on any atom is 0.301 e. The van der Waals surface area contributed by atoms with Crippen LogP contribution in [0.4, 0.5) is 4.39 Å². The summed E-state index contributed by atoms with van der Waals surface area (Å²) in [6, 6.07) is 6.37. The van der Waals surface area contributed by atoms with Gasteiger partial charge in [-0.05, 0) is 83.7 Å². The van der Waals surface area contributed by atoms with E-state index in [9.17, 15) is 12.8 Å². The SMILES string of the molecule is C[C@H](NC1=NS(=O)(=O)C(CC2=CC=C(C3CCNCC3)N(C3CC3)C2)C(C)(C)O1)c1ccccc1F. The molecule has 0 spiro atoms. The summed E-state index contributed by atoms with van der Waals surface area (Å²) in [5.41, 5.74) is 1.93. The molecule has 2 N–H and O–H groups in total. The van der Waals surface area contributed by atoms with E-state index in [1.165, 1.54) is 24.6 Å². The van der Waals surface area contributed by atoms with Crippen LogP contribution in [0.15, 0.2) is 52.1 Å². The highest BCUT2D eigenvalue weighted by Crippen LogP contribution is 2.40. The number of amidine groups is 1. The highest BCUT2D eigenvalue weighted by Gasteiger charge is 2.47. The van der Waals surface area contributed by atoms with Crippen molar-refractivity contribution in [2.75, 3.05) is 19.6 Å². The van der Waals surface area contributed by atoms with Crippen molar-refractivity contribution in [3.8, 4) is 0 Å². The molecular weight excluding hydrogens is 479 g/mol. The number of piperidine rings is 1. The van der Waals surface area contributed by atoms with Crippen LogP contribution in [0, 0.1) is 11.7 Å². The van der Waals surface area contributed by atoms with Crippen LogP contribution >= 0.6 is 0 Å². The van der Waals surface area contributed by atoms with Gasteiger partial charge in [-0.15, -0.1) is 4.40 Å². The topological polar surface area (TPSA) is 83.0 Å². The standard InChI is InChI=1S/C27H37FN4O3S/c1-18(22-6-4-5-7-23(22)28)30-26-31-36(33,34)25(27(2,3)35-26)16-19-8-11-24(20-12-14-29-15-13-20)32(17-19)21-9-10-21/h4-8,11,18,20-21,25,29H,9-10,12-17H2,1-3H3,(H,30,31)/t18-,25?/m0/s1. The highest BCUT2D eigenvalue weighted by molar-refractivity contribution is 7.91. The monoisotopic (exact) mass is 516 g/mol. The fraction of sp³-hybridized carbons (Fsp3) is 0.593. The smallest absolute Gasteiger partial charge is 0.301 e. The largest absolute Gasteiger partial charge is 0.457 e. The molecule has 1 aromatic carbocycles. The predicted octanol–water partition coefficient (Wildman–Crippen LogP) is 4.02. The molecule has 196 valence electrons. The fourth-order valence-electron chi connectivity index (χ4n) is 5.61. The zero-order chi connectivity index (χ0) is 25.5. The Balaban J connectivity index is 1.34. The number of nitrogens with one attached hydrogen (secondary N) is 2. The van der Waals surface area contributed by atoms with Crippen molar-refractivity contribution in [1.29, 1.82) is 0 Å². The van der Waals surface area contributed by atoms with Crippen LogP contribution < -0.4 is 10.6 Å². The van der Waals surface area contributed by atoms with E-state index < -0.39 is 26.9 Å². The lowest BCUT2D eigenvalue weighted by Gasteiger charge is -2.40. The second-order valence-electron chi connectivity index (χ2n) is 11.0. The maximum absolute atomic E-state index is 14.2. The van der Waals surface area contributed by atoms with Crippen LogP contribution in [0.5, 0.6) is 0 Å². The lowest BCUT2D eigenvalue weighted by atomic mass is 9.89. The number of sulfonamides is 1. The number of nitrogens with zero attached hydrogens (tertiary/aromatic N) is 2. The Morgan fingerprint density at radius 1 is 1.19 bits per heavy atom. The van der Waals surface area contributed by atoms with Gasteiger partial charge in [0.1, 0.15) is 16.7 Å². The molecule has 5 rings (SSSR count). The number of halogens is 1. The number of allylic oxidation sites excluding steroid dienone is 3. The quantitative estimate of drug-likeness (QED) is 0.594. The number of ether oxygens (including phenoxy) is 1. The molecule has 3 aliphatic heterocycles. The highest BCUT2D eigenvalue weighted by atomic mass is 32.2. The number of benzene rings is 1. The van der Waals surface area contributed by atoms with Gasteiger partial charge in [0.05, 0.1) is 6.04 Å². The molecule has 7 nitrogen and oxygen atoms in total. The molecule has 3 heterocycles. The van der Waals surface area contributed by atoms with Crippen molar-refractivity contribution >= 4 is 16.0 Å². The third kappa shape index (κ3) is 5.32. The number of hydrogen-bond donors (Lipinski definition) is 2. The van der Waals surface area contributed by atoms with Crippen molar-refractivity contribution in [3.63, 3.8) is 0 Å². The van der Waals surface area contributed by atoms with E-state index in [-0.39, 0.29) is 11.8 Å². The molecule has 4 aliphatic rings. The lowest BCUT2D eigenvalue weighted by molar-refractivity contribution is 0.0763. The average molecular weight is 517 g/mol. The summed E-state index contributed by atoms with van der Waals surface area (Å²) in [6.45, 7) is 8.19. The van der Waals surface area contributed by atoms with Crippen molar-refractivity contribution in [3.05, 3.63) is 59.1 Å². The molecule has 1 saturated heterocycles. The third-order valence-corrected chi connectivity index (χ3v) is 9.68. The average Bonchev–Trinajstić information content (AvgIpc) is 3.67. The molecule has 0 bridgehead atoms. The minimum atomic E-state index is -3.86. The van der Waals surface area contributed by atoms with Gasteiger partial charge < -0.3 is 20.3 Å². The molecule has 1 saturated carbocycles. The summed E-state index contributed by atoms with van der Waals surface area (Å²) in [5.74, 6) is 0.202. The first kappa shape index (κ1) is 25.3.